The third kappa shape index (κ3) is 3.31. The van der Waals surface area contributed by atoms with E-state index in [1.807, 2.05) is 45.0 Å². The Morgan fingerprint density at radius 2 is 1.88 bits per heavy atom. The Hall–Kier alpha value is -1.84. The van der Waals surface area contributed by atoms with Gasteiger partial charge in [0, 0.05) is 18.0 Å². The first-order valence-corrected chi connectivity index (χ1v) is 5.89. The zero-order chi connectivity index (χ0) is 12.8. The van der Waals surface area contributed by atoms with E-state index in [1.165, 1.54) is 0 Å². The van der Waals surface area contributed by atoms with Crippen LogP contribution in [0, 0.1) is 5.92 Å². The second kappa shape index (κ2) is 6.03. The number of rotatable bonds is 1. The first-order valence-electron chi connectivity index (χ1n) is 5.89. The molecule has 0 radical (unpaired) electrons. The average Bonchev–Trinajstić information content (AvgIpc) is 2.33. The van der Waals surface area contributed by atoms with Crippen LogP contribution in [0.15, 0.2) is 29.4 Å². The first-order chi connectivity index (χ1) is 8.16. The lowest BCUT2D eigenvalue weighted by molar-refractivity contribution is -0.121. The van der Waals surface area contributed by atoms with Gasteiger partial charge in [0.1, 0.15) is 0 Å². The molecule has 1 heterocycles. The molecule has 1 aliphatic heterocycles. The van der Waals surface area contributed by atoms with E-state index in [2.05, 4.69) is 10.5 Å². The van der Waals surface area contributed by atoms with Crippen LogP contribution in [0.1, 0.15) is 32.8 Å². The summed E-state index contributed by atoms with van der Waals surface area (Å²) in [6.07, 6.45) is 0.489. The maximum Gasteiger partial charge on any atom is 0.240 e. The molecular weight excluding hydrogens is 214 g/mol. The summed E-state index contributed by atoms with van der Waals surface area (Å²) >= 11 is 0. The smallest absolute Gasteiger partial charge is 0.240 e. The highest BCUT2D eigenvalue weighted by molar-refractivity contribution is 6.05. The van der Waals surface area contributed by atoms with Crippen LogP contribution in [0.2, 0.25) is 0 Å². The summed E-state index contributed by atoms with van der Waals surface area (Å²) in [4.78, 5) is 11.1. The molecule has 0 aliphatic carbocycles. The summed E-state index contributed by atoms with van der Waals surface area (Å²) in [5, 5.41) is 4.07. The fourth-order valence-electron chi connectivity index (χ4n) is 1.66. The molecule has 0 saturated heterocycles. The molecule has 1 amide bonds. The maximum atomic E-state index is 11.1. The van der Waals surface area contributed by atoms with Crippen molar-refractivity contribution in [2.75, 3.05) is 5.73 Å². The molecule has 4 nitrogen and oxygen atoms in total. The number of anilines is 1. The van der Waals surface area contributed by atoms with Crippen molar-refractivity contribution in [3.8, 4) is 0 Å². The lowest BCUT2D eigenvalue weighted by Crippen LogP contribution is -2.31. The van der Waals surface area contributed by atoms with Gasteiger partial charge in [0.15, 0.2) is 0 Å². The zero-order valence-corrected chi connectivity index (χ0v) is 10.5. The summed E-state index contributed by atoms with van der Waals surface area (Å²) in [6.45, 7) is 5.99. The number of amides is 1. The topological polar surface area (TPSA) is 67.5 Å². The van der Waals surface area contributed by atoms with Crippen LogP contribution in [0.25, 0.3) is 0 Å². The molecular formula is C13H19N3O. The van der Waals surface area contributed by atoms with Crippen LogP contribution in [0.5, 0.6) is 0 Å². The maximum absolute atomic E-state index is 11.1. The van der Waals surface area contributed by atoms with Crippen molar-refractivity contribution in [1.82, 2.24) is 5.43 Å². The van der Waals surface area contributed by atoms with Crippen LogP contribution < -0.4 is 11.2 Å². The predicted molar refractivity (Wildman–Crippen MR) is 70.7 cm³/mol. The monoisotopic (exact) mass is 233 g/mol. The number of hydrogen-bond acceptors (Lipinski definition) is 3. The van der Waals surface area contributed by atoms with Gasteiger partial charge in [-0.1, -0.05) is 32.9 Å². The number of nitrogen functional groups attached to an aromatic ring is 1. The molecule has 92 valence electrons. The number of nitrogens with zero attached hydrogens (tertiary/aromatic N) is 1. The summed E-state index contributed by atoms with van der Waals surface area (Å²) in [7, 11) is 0. The lowest BCUT2D eigenvalue weighted by Gasteiger charge is -2.19. The minimum atomic E-state index is -0.0262. The Balaban J connectivity index is 0.000000686. The molecule has 0 spiro atoms. The lowest BCUT2D eigenvalue weighted by atomic mass is 9.94. The number of hydrogen-bond donors (Lipinski definition) is 2. The molecule has 0 bridgehead atoms. The second-order valence-corrected chi connectivity index (χ2v) is 3.76. The Bertz CT molecular complexity index is 409. The van der Waals surface area contributed by atoms with E-state index < -0.39 is 0 Å². The van der Waals surface area contributed by atoms with Crippen molar-refractivity contribution in [2.24, 2.45) is 11.0 Å². The van der Waals surface area contributed by atoms with Crippen molar-refractivity contribution in [1.29, 1.82) is 0 Å². The van der Waals surface area contributed by atoms with E-state index in [9.17, 15) is 4.79 Å². The van der Waals surface area contributed by atoms with Crippen LogP contribution in [-0.2, 0) is 4.79 Å². The highest BCUT2D eigenvalue weighted by Crippen LogP contribution is 2.17. The van der Waals surface area contributed by atoms with Crippen LogP contribution >= 0.6 is 0 Å². The second-order valence-electron chi connectivity index (χ2n) is 3.76. The summed E-state index contributed by atoms with van der Waals surface area (Å²) in [5.41, 5.74) is 10.7. The van der Waals surface area contributed by atoms with Gasteiger partial charge in [-0.3, -0.25) is 4.79 Å². The SMILES string of the molecule is CC.CC1CC(=O)NN=C1c1ccc(N)cc1. The summed E-state index contributed by atoms with van der Waals surface area (Å²) in [6, 6.07) is 7.51. The van der Waals surface area contributed by atoms with Gasteiger partial charge in [-0.25, -0.2) is 5.43 Å². The Morgan fingerprint density at radius 3 is 2.41 bits per heavy atom. The molecule has 1 aliphatic rings. The quantitative estimate of drug-likeness (QED) is 0.730. The number of hydrazone groups is 1. The molecule has 0 saturated carbocycles. The van der Waals surface area contributed by atoms with Crippen molar-refractivity contribution in [3.05, 3.63) is 29.8 Å². The fourth-order valence-corrected chi connectivity index (χ4v) is 1.66. The van der Waals surface area contributed by atoms with Gasteiger partial charge in [-0.15, -0.1) is 0 Å². The first kappa shape index (κ1) is 13.2. The number of benzene rings is 1. The highest BCUT2D eigenvalue weighted by atomic mass is 16.2. The zero-order valence-electron chi connectivity index (χ0n) is 10.5. The molecule has 4 heteroatoms. The molecule has 3 N–H and O–H groups in total. The van der Waals surface area contributed by atoms with Crippen molar-refractivity contribution in [3.63, 3.8) is 0 Å². The third-order valence-electron chi connectivity index (χ3n) is 2.47. The van der Waals surface area contributed by atoms with Gasteiger partial charge < -0.3 is 5.73 Å². The van der Waals surface area contributed by atoms with E-state index >= 15 is 0 Å². The van der Waals surface area contributed by atoms with E-state index in [0.717, 1.165) is 17.0 Å². The number of nitrogens with two attached hydrogens (primary N) is 1. The van der Waals surface area contributed by atoms with Crippen molar-refractivity contribution < 1.29 is 4.79 Å². The molecule has 1 unspecified atom stereocenters. The molecule has 0 aromatic heterocycles. The molecule has 1 atom stereocenters. The van der Waals surface area contributed by atoms with Gasteiger partial charge in [0.05, 0.1) is 5.71 Å². The van der Waals surface area contributed by atoms with E-state index in [1.54, 1.807) is 0 Å². The van der Waals surface area contributed by atoms with E-state index in [-0.39, 0.29) is 11.8 Å². The minimum Gasteiger partial charge on any atom is -0.399 e. The highest BCUT2D eigenvalue weighted by Gasteiger charge is 2.21. The number of nitrogens with one attached hydrogen (secondary N) is 1. The van der Waals surface area contributed by atoms with Crippen LogP contribution in [0.4, 0.5) is 5.69 Å². The molecule has 1 aromatic carbocycles. The molecule has 17 heavy (non-hydrogen) atoms. The van der Waals surface area contributed by atoms with Gasteiger partial charge in [-0.05, 0) is 17.7 Å². The van der Waals surface area contributed by atoms with Gasteiger partial charge in [0.2, 0.25) is 5.91 Å². The van der Waals surface area contributed by atoms with Gasteiger partial charge in [-0.2, -0.15) is 5.10 Å². The van der Waals surface area contributed by atoms with E-state index in [0.29, 0.717) is 6.42 Å². The van der Waals surface area contributed by atoms with Crippen LogP contribution in [0.3, 0.4) is 0 Å². The third-order valence-corrected chi connectivity index (χ3v) is 2.47. The van der Waals surface area contributed by atoms with Gasteiger partial charge in [0.25, 0.3) is 0 Å². The average molecular weight is 233 g/mol. The predicted octanol–water partition coefficient (Wildman–Crippen LogP) is 2.16. The van der Waals surface area contributed by atoms with Gasteiger partial charge >= 0.3 is 0 Å². The Labute approximate surface area is 102 Å². The minimum absolute atomic E-state index is 0.0262. The normalized spacial score (nSPS) is 18.6. The van der Waals surface area contributed by atoms with Crippen molar-refractivity contribution in [2.45, 2.75) is 27.2 Å². The van der Waals surface area contributed by atoms with Crippen LogP contribution in [-0.4, -0.2) is 11.6 Å². The molecule has 2 rings (SSSR count). The number of carbonyl (C=O) groups is 1. The van der Waals surface area contributed by atoms with Crippen molar-refractivity contribution >= 4 is 17.3 Å². The standard InChI is InChI=1S/C11H13N3O.C2H6/c1-7-6-10(15)13-14-11(7)8-2-4-9(12)5-3-8;1-2/h2-5,7H,6,12H2,1H3,(H,13,15);1-2H3. The Morgan fingerprint density at radius 1 is 1.29 bits per heavy atom. The number of carbonyl (C=O) groups excluding carboxylic acids is 1. The Kier molecular flexibility index (Phi) is 4.69. The summed E-state index contributed by atoms with van der Waals surface area (Å²) in [5.74, 6) is 0.129. The summed E-state index contributed by atoms with van der Waals surface area (Å²) < 4.78 is 0. The largest absolute Gasteiger partial charge is 0.399 e. The molecule has 0 fully saturated rings. The van der Waals surface area contributed by atoms with E-state index in [4.69, 9.17) is 5.73 Å². The molecule has 1 aromatic rings. The fraction of sp³-hybridized carbons (Fsp3) is 0.385.